The molecule has 1 aromatic rings. The first-order valence-electron chi connectivity index (χ1n) is 10.6. The number of urea groups is 1. The smallest absolute Gasteiger partial charge is 0.322 e. The number of carbonyl (C=O) groups is 2. The lowest BCUT2D eigenvalue weighted by molar-refractivity contribution is -0.123. The van der Waals surface area contributed by atoms with E-state index in [1.165, 1.54) is 6.07 Å². The quantitative estimate of drug-likeness (QED) is 0.331. The summed E-state index contributed by atoms with van der Waals surface area (Å²) in [6.45, 7) is 3.83. The second kappa shape index (κ2) is 9.52. The van der Waals surface area contributed by atoms with E-state index in [0.29, 0.717) is 43.8 Å². The molecule has 3 amide bonds. The highest BCUT2D eigenvalue weighted by molar-refractivity contribution is 7.89. The van der Waals surface area contributed by atoms with Gasteiger partial charge in [0.05, 0.1) is 12.4 Å². The number of nitrogens with one attached hydrogen (secondary N) is 3. The summed E-state index contributed by atoms with van der Waals surface area (Å²) in [5.41, 5.74) is -0.309. The molecular formula is C21H30FN3O5S. The molecular weight excluding hydrogens is 425 g/mol. The molecule has 31 heavy (non-hydrogen) atoms. The van der Waals surface area contributed by atoms with E-state index in [0.717, 1.165) is 12.8 Å². The largest absolute Gasteiger partial charge is 0.490 e. The average molecular weight is 456 g/mol. The molecule has 0 radical (unpaired) electrons. The molecule has 3 rings (SSSR count). The Kier molecular flexibility index (Phi) is 7.20. The summed E-state index contributed by atoms with van der Waals surface area (Å²) in [5, 5.41) is 4.80. The van der Waals surface area contributed by atoms with Crippen LogP contribution in [-0.4, -0.2) is 38.3 Å². The third kappa shape index (κ3) is 6.64. The third-order valence-electron chi connectivity index (χ3n) is 5.69. The van der Waals surface area contributed by atoms with E-state index in [2.05, 4.69) is 15.4 Å². The van der Waals surface area contributed by atoms with E-state index in [-0.39, 0.29) is 17.4 Å². The van der Waals surface area contributed by atoms with Gasteiger partial charge in [0, 0.05) is 6.04 Å². The highest BCUT2D eigenvalue weighted by Crippen LogP contribution is 2.31. The summed E-state index contributed by atoms with van der Waals surface area (Å²) in [4.78, 5) is 23.0. The molecule has 0 bridgehead atoms. The standard InChI is InChI=1S/C21H30FN3O5S/c1-14(16-8-9-17(22)18(12-16)30-13-15-6-7-15)25-31(28,29)11-5-3-4-10-21(2)19(26)23-20(27)24-21/h8-9,12,14-15,25H,3-7,10-11,13H2,1-2H3,(H2,23,24,26,27)/t14-,21?/m1/s1. The molecule has 1 saturated carbocycles. The fourth-order valence-electron chi connectivity index (χ4n) is 3.49. The van der Waals surface area contributed by atoms with Crippen molar-refractivity contribution in [3.05, 3.63) is 29.6 Å². The first-order valence-corrected chi connectivity index (χ1v) is 12.3. The zero-order valence-corrected chi connectivity index (χ0v) is 18.7. The Morgan fingerprint density at radius 1 is 1.26 bits per heavy atom. The van der Waals surface area contributed by atoms with Gasteiger partial charge >= 0.3 is 6.03 Å². The molecule has 1 aromatic carbocycles. The Morgan fingerprint density at radius 2 is 2.00 bits per heavy atom. The van der Waals surface area contributed by atoms with Crippen LogP contribution in [0, 0.1) is 11.7 Å². The number of hydrogen-bond donors (Lipinski definition) is 3. The Labute approximate surface area is 182 Å². The van der Waals surface area contributed by atoms with E-state index in [1.54, 1.807) is 26.0 Å². The average Bonchev–Trinajstić information content (AvgIpc) is 3.46. The lowest BCUT2D eigenvalue weighted by Gasteiger charge is -2.20. The summed E-state index contributed by atoms with van der Waals surface area (Å²) in [7, 11) is -3.54. The number of benzene rings is 1. The molecule has 2 atom stereocenters. The molecule has 1 unspecified atom stereocenters. The van der Waals surface area contributed by atoms with Gasteiger partial charge in [0.1, 0.15) is 5.54 Å². The molecule has 172 valence electrons. The van der Waals surface area contributed by atoms with Crippen LogP contribution in [0.1, 0.15) is 64.0 Å². The molecule has 1 saturated heterocycles. The van der Waals surface area contributed by atoms with Gasteiger partial charge in [-0.15, -0.1) is 0 Å². The number of ether oxygens (including phenoxy) is 1. The predicted molar refractivity (Wildman–Crippen MR) is 114 cm³/mol. The van der Waals surface area contributed by atoms with Crippen LogP contribution < -0.4 is 20.1 Å². The van der Waals surface area contributed by atoms with Gasteiger partial charge in [0.2, 0.25) is 10.0 Å². The molecule has 1 heterocycles. The maximum absolute atomic E-state index is 14.0. The minimum Gasteiger partial charge on any atom is -0.490 e. The Morgan fingerprint density at radius 3 is 2.65 bits per heavy atom. The van der Waals surface area contributed by atoms with Crippen LogP contribution in [0.3, 0.4) is 0 Å². The maximum atomic E-state index is 14.0. The van der Waals surface area contributed by atoms with Crippen molar-refractivity contribution in [3.8, 4) is 5.75 Å². The number of amides is 3. The van der Waals surface area contributed by atoms with E-state index < -0.39 is 33.5 Å². The van der Waals surface area contributed by atoms with Crippen molar-refractivity contribution in [1.82, 2.24) is 15.4 Å². The Hall–Kier alpha value is -2.20. The molecule has 0 spiro atoms. The molecule has 1 aliphatic carbocycles. The van der Waals surface area contributed by atoms with E-state index >= 15 is 0 Å². The monoisotopic (exact) mass is 455 g/mol. The lowest BCUT2D eigenvalue weighted by atomic mass is 9.95. The van der Waals surface area contributed by atoms with Gasteiger partial charge in [-0.2, -0.15) is 0 Å². The Bertz CT molecular complexity index is 935. The molecule has 2 aliphatic rings. The van der Waals surface area contributed by atoms with Crippen molar-refractivity contribution in [2.75, 3.05) is 12.4 Å². The van der Waals surface area contributed by atoms with Crippen LogP contribution in [0.25, 0.3) is 0 Å². The second-order valence-electron chi connectivity index (χ2n) is 8.65. The van der Waals surface area contributed by atoms with Gasteiger partial charge in [0.15, 0.2) is 11.6 Å². The molecule has 3 N–H and O–H groups in total. The molecule has 0 aromatic heterocycles. The fourth-order valence-corrected chi connectivity index (χ4v) is 4.87. The van der Waals surface area contributed by atoms with Crippen LogP contribution in [0.2, 0.25) is 0 Å². The second-order valence-corrected chi connectivity index (χ2v) is 10.5. The summed E-state index contributed by atoms with van der Waals surface area (Å²) >= 11 is 0. The van der Waals surface area contributed by atoms with Crippen LogP contribution >= 0.6 is 0 Å². The van der Waals surface area contributed by atoms with Crippen LogP contribution in [0.4, 0.5) is 9.18 Å². The number of sulfonamides is 1. The van der Waals surface area contributed by atoms with Gasteiger partial charge in [-0.1, -0.05) is 18.9 Å². The number of imide groups is 1. The molecule has 1 aliphatic heterocycles. The van der Waals surface area contributed by atoms with Crippen LogP contribution in [0.5, 0.6) is 5.75 Å². The highest BCUT2D eigenvalue weighted by Gasteiger charge is 2.41. The van der Waals surface area contributed by atoms with Crippen molar-refractivity contribution in [2.45, 2.75) is 64.0 Å². The highest BCUT2D eigenvalue weighted by atomic mass is 32.2. The Balaban J connectivity index is 1.44. The first kappa shape index (κ1) is 23.5. The summed E-state index contributed by atoms with van der Waals surface area (Å²) in [5.74, 6) is -0.243. The summed E-state index contributed by atoms with van der Waals surface area (Å²) in [6.07, 6.45) is 4.26. The zero-order chi connectivity index (χ0) is 22.6. The number of halogens is 1. The van der Waals surface area contributed by atoms with Crippen molar-refractivity contribution in [2.24, 2.45) is 5.92 Å². The normalized spacial score (nSPS) is 22.2. The minimum atomic E-state index is -3.54. The van der Waals surface area contributed by atoms with Gasteiger partial charge in [0.25, 0.3) is 5.91 Å². The van der Waals surface area contributed by atoms with Crippen molar-refractivity contribution in [3.63, 3.8) is 0 Å². The predicted octanol–water partition coefficient (Wildman–Crippen LogP) is 2.75. The minimum absolute atomic E-state index is 0.0567. The fraction of sp³-hybridized carbons (Fsp3) is 0.619. The van der Waals surface area contributed by atoms with Crippen molar-refractivity contribution < 1.29 is 27.1 Å². The molecule has 10 heteroatoms. The van der Waals surface area contributed by atoms with Gasteiger partial charge in [-0.3, -0.25) is 10.1 Å². The number of carbonyl (C=O) groups excluding carboxylic acids is 2. The van der Waals surface area contributed by atoms with E-state index in [9.17, 15) is 22.4 Å². The van der Waals surface area contributed by atoms with Crippen molar-refractivity contribution in [1.29, 1.82) is 0 Å². The summed E-state index contributed by atoms with van der Waals surface area (Å²) in [6, 6.07) is 3.36. The van der Waals surface area contributed by atoms with Gasteiger partial charge < -0.3 is 10.1 Å². The number of hydrogen-bond acceptors (Lipinski definition) is 5. The van der Waals surface area contributed by atoms with Crippen molar-refractivity contribution >= 4 is 22.0 Å². The van der Waals surface area contributed by atoms with Gasteiger partial charge in [-0.25, -0.2) is 22.3 Å². The van der Waals surface area contributed by atoms with E-state index in [4.69, 9.17) is 4.74 Å². The van der Waals surface area contributed by atoms with E-state index in [1.807, 2.05) is 0 Å². The van der Waals surface area contributed by atoms with Crippen LogP contribution in [-0.2, 0) is 14.8 Å². The molecule has 8 nitrogen and oxygen atoms in total. The first-order chi connectivity index (χ1) is 14.6. The topological polar surface area (TPSA) is 114 Å². The maximum Gasteiger partial charge on any atom is 0.322 e. The van der Waals surface area contributed by atoms with Gasteiger partial charge in [-0.05, 0) is 63.1 Å². The zero-order valence-electron chi connectivity index (χ0n) is 17.9. The number of unbranched alkanes of at least 4 members (excludes halogenated alkanes) is 2. The molecule has 2 fully saturated rings. The summed E-state index contributed by atoms with van der Waals surface area (Å²) < 4.78 is 47.0. The lowest BCUT2D eigenvalue weighted by Crippen LogP contribution is -2.43. The third-order valence-corrected chi connectivity index (χ3v) is 7.23. The van der Waals surface area contributed by atoms with Crippen LogP contribution in [0.15, 0.2) is 18.2 Å². The SMILES string of the molecule is C[C@@H](NS(=O)(=O)CCCCCC1(C)NC(=O)NC1=O)c1ccc(F)c(OCC2CC2)c1. The number of rotatable bonds is 12.